The lowest BCUT2D eigenvalue weighted by Crippen LogP contribution is -2.53. The van der Waals surface area contributed by atoms with Crippen LogP contribution in [0.25, 0.3) is 0 Å². The maximum absolute atomic E-state index is 13.7. The quantitative estimate of drug-likeness (QED) is 0.186. The minimum atomic E-state index is -0.503. The number of carbonyl (C=O) groups excluding carboxylic acids is 2. The molecule has 0 aliphatic heterocycles. The Balaban J connectivity index is 0.982. The average molecular weight is 671 g/mol. The van der Waals surface area contributed by atoms with Gasteiger partial charge in [-0.1, -0.05) is 90.8 Å². The molecule has 5 nitrogen and oxygen atoms in total. The van der Waals surface area contributed by atoms with E-state index in [2.05, 4.69) is 91.8 Å². The molecule has 2 aromatic carbocycles. The molecule has 4 aliphatic carbocycles. The summed E-state index contributed by atoms with van der Waals surface area (Å²) >= 11 is 0. The van der Waals surface area contributed by atoms with Crippen molar-refractivity contribution < 1.29 is 23.8 Å². The molecule has 2 saturated carbocycles. The Morgan fingerprint density at radius 1 is 0.633 bits per heavy atom. The summed E-state index contributed by atoms with van der Waals surface area (Å²) in [6, 6.07) is 14.1. The summed E-state index contributed by atoms with van der Waals surface area (Å²) in [7, 11) is 0. The first-order valence-corrected chi connectivity index (χ1v) is 19.4. The maximum Gasteiger partial charge on any atom is 0.312 e. The lowest BCUT2D eigenvalue weighted by Gasteiger charge is -2.54. The molecule has 0 radical (unpaired) electrons. The van der Waals surface area contributed by atoms with Crippen molar-refractivity contribution in [2.75, 3.05) is 26.4 Å². The number of benzene rings is 2. The SMILES string of the molecule is CC(C)c1ccc2c(c1)CCC1[C@](C)(C(=O)OCCOCCOC(=O)[C@@]3(C)CCC[C@]4(C)c5ccc(C(C)C)cc5CCC34)CCC[C@@]21C. The number of esters is 2. The fourth-order valence-corrected chi connectivity index (χ4v) is 11.0. The highest BCUT2D eigenvalue weighted by Crippen LogP contribution is 2.59. The van der Waals surface area contributed by atoms with Crippen LogP contribution in [0.3, 0.4) is 0 Å². The van der Waals surface area contributed by atoms with Crippen LogP contribution in [-0.4, -0.2) is 38.4 Å². The van der Waals surface area contributed by atoms with Gasteiger partial charge in [0.2, 0.25) is 0 Å². The highest BCUT2D eigenvalue weighted by atomic mass is 16.6. The van der Waals surface area contributed by atoms with Gasteiger partial charge in [-0.2, -0.15) is 0 Å². The molecule has 0 spiro atoms. The third-order valence-corrected chi connectivity index (χ3v) is 13.9. The van der Waals surface area contributed by atoms with E-state index in [1.165, 1.54) is 33.4 Å². The topological polar surface area (TPSA) is 61.8 Å². The summed E-state index contributed by atoms with van der Waals surface area (Å²) in [5.74, 6) is 1.37. The summed E-state index contributed by atoms with van der Waals surface area (Å²) < 4.78 is 17.6. The highest BCUT2D eigenvalue weighted by Gasteiger charge is 2.57. The van der Waals surface area contributed by atoms with Gasteiger partial charge >= 0.3 is 11.9 Å². The van der Waals surface area contributed by atoms with Crippen LogP contribution in [0.15, 0.2) is 36.4 Å². The van der Waals surface area contributed by atoms with E-state index >= 15 is 0 Å². The Bertz CT molecular complexity index is 1430. The number of fused-ring (bicyclic) bond motifs is 6. The molecule has 2 fully saturated rings. The van der Waals surface area contributed by atoms with Gasteiger partial charge in [0.25, 0.3) is 0 Å². The Kier molecular flexibility index (Phi) is 10.2. The molecule has 0 bridgehead atoms. The van der Waals surface area contributed by atoms with E-state index in [4.69, 9.17) is 14.2 Å². The van der Waals surface area contributed by atoms with Gasteiger partial charge in [-0.25, -0.2) is 0 Å². The summed E-state index contributed by atoms with van der Waals surface area (Å²) in [6.45, 7) is 19.1. The van der Waals surface area contributed by atoms with Gasteiger partial charge in [0.05, 0.1) is 24.0 Å². The molecule has 2 unspecified atom stereocenters. The fourth-order valence-electron chi connectivity index (χ4n) is 11.0. The Morgan fingerprint density at radius 3 is 1.43 bits per heavy atom. The second kappa shape index (κ2) is 13.8. The second-order valence-corrected chi connectivity index (χ2v) is 17.6. The van der Waals surface area contributed by atoms with Crippen LogP contribution in [0.4, 0.5) is 0 Å². The summed E-state index contributed by atoms with van der Waals surface area (Å²) in [5.41, 5.74) is 7.56. The van der Waals surface area contributed by atoms with Crippen molar-refractivity contribution >= 4 is 11.9 Å². The molecule has 6 atom stereocenters. The fraction of sp³-hybridized carbons (Fsp3) is 0.682. The van der Waals surface area contributed by atoms with Crippen LogP contribution in [0.5, 0.6) is 0 Å². The van der Waals surface area contributed by atoms with Crippen LogP contribution < -0.4 is 0 Å². The largest absolute Gasteiger partial charge is 0.463 e. The molecule has 0 heterocycles. The van der Waals surface area contributed by atoms with Crippen molar-refractivity contribution in [1.29, 1.82) is 0 Å². The molecule has 6 rings (SSSR count). The third kappa shape index (κ3) is 6.40. The highest BCUT2D eigenvalue weighted by molar-refractivity contribution is 5.78. The zero-order chi connectivity index (χ0) is 35.2. The van der Waals surface area contributed by atoms with Crippen molar-refractivity contribution in [2.24, 2.45) is 22.7 Å². The zero-order valence-corrected chi connectivity index (χ0v) is 31.7. The standard InChI is InChI=1S/C44H62O5/c1-29(2)31-11-15-35-33(27-31)13-17-37-41(35,5)19-9-21-43(37,7)39(45)48-25-23-47-24-26-49-40(46)44(8)22-10-20-42(6)36-16-12-32(30(3)4)28-34(36)14-18-38(42)44/h11-12,15-16,27-30,37-38H,9-10,13-14,17-26H2,1-8H3/t37?,38?,41-,42+,43+,44-. The molecule has 0 amide bonds. The van der Waals surface area contributed by atoms with Gasteiger partial charge in [0.15, 0.2) is 0 Å². The predicted octanol–water partition coefficient (Wildman–Crippen LogP) is 9.76. The molecule has 5 heteroatoms. The number of hydrogen-bond acceptors (Lipinski definition) is 5. The van der Waals surface area contributed by atoms with E-state index in [0.717, 1.165) is 64.2 Å². The predicted molar refractivity (Wildman–Crippen MR) is 196 cm³/mol. The van der Waals surface area contributed by atoms with Crippen molar-refractivity contribution in [2.45, 2.75) is 142 Å². The van der Waals surface area contributed by atoms with E-state index in [1.54, 1.807) is 0 Å². The molecule has 0 saturated heterocycles. The van der Waals surface area contributed by atoms with Gasteiger partial charge < -0.3 is 14.2 Å². The monoisotopic (exact) mass is 670 g/mol. The first-order valence-electron chi connectivity index (χ1n) is 19.4. The van der Waals surface area contributed by atoms with Crippen molar-refractivity contribution in [3.8, 4) is 0 Å². The molecule has 268 valence electrons. The third-order valence-electron chi connectivity index (χ3n) is 13.9. The first-order chi connectivity index (χ1) is 23.2. The Hall–Kier alpha value is -2.66. The van der Waals surface area contributed by atoms with E-state index in [-0.39, 0.29) is 47.8 Å². The minimum absolute atomic E-state index is 0.0137. The zero-order valence-electron chi connectivity index (χ0n) is 31.7. The van der Waals surface area contributed by atoms with Gasteiger partial charge in [0, 0.05) is 0 Å². The normalized spacial score (nSPS) is 32.1. The summed E-state index contributed by atoms with van der Waals surface area (Å²) in [4.78, 5) is 27.4. The van der Waals surface area contributed by atoms with Crippen molar-refractivity contribution in [3.05, 3.63) is 69.8 Å². The van der Waals surface area contributed by atoms with Crippen LogP contribution in [-0.2, 0) is 47.5 Å². The number of rotatable bonds is 10. The van der Waals surface area contributed by atoms with Crippen molar-refractivity contribution in [3.63, 3.8) is 0 Å². The van der Waals surface area contributed by atoms with Gasteiger partial charge in [-0.15, -0.1) is 0 Å². The summed E-state index contributed by atoms with van der Waals surface area (Å²) in [5, 5.41) is 0. The number of hydrogen-bond donors (Lipinski definition) is 0. The summed E-state index contributed by atoms with van der Waals surface area (Å²) in [6.07, 6.45) is 10.1. The smallest absolute Gasteiger partial charge is 0.312 e. The molecule has 0 aromatic heterocycles. The van der Waals surface area contributed by atoms with E-state index in [1.807, 2.05) is 0 Å². The molecular weight excluding hydrogens is 608 g/mol. The van der Waals surface area contributed by atoms with Crippen molar-refractivity contribution in [1.82, 2.24) is 0 Å². The molecule has 0 N–H and O–H groups in total. The lowest BCUT2D eigenvalue weighted by molar-refractivity contribution is -0.167. The lowest BCUT2D eigenvalue weighted by atomic mass is 9.49. The number of aryl methyl sites for hydroxylation is 2. The van der Waals surface area contributed by atoms with Crippen LogP contribution >= 0.6 is 0 Å². The van der Waals surface area contributed by atoms with Gasteiger partial charge in [0.1, 0.15) is 13.2 Å². The molecule has 2 aromatic rings. The molecular formula is C44H62O5. The van der Waals surface area contributed by atoms with Crippen LogP contribution in [0.2, 0.25) is 0 Å². The molecule has 49 heavy (non-hydrogen) atoms. The number of carbonyl (C=O) groups is 2. The van der Waals surface area contributed by atoms with E-state index < -0.39 is 10.8 Å². The van der Waals surface area contributed by atoms with Crippen LogP contribution in [0, 0.1) is 22.7 Å². The van der Waals surface area contributed by atoms with Gasteiger partial charge in [-0.3, -0.25) is 9.59 Å². The maximum atomic E-state index is 13.7. The molecule has 4 aliphatic rings. The van der Waals surface area contributed by atoms with E-state index in [0.29, 0.717) is 25.0 Å². The number of ether oxygens (including phenoxy) is 3. The second-order valence-electron chi connectivity index (χ2n) is 17.6. The van der Waals surface area contributed by atoms with Crippen LogP contribution in [0.1, 0.15) is 152 Å². The Morgan fingerprint density at radius 2 is 1.04 bits per heavy atom. The first kappa shape index (κ1) is 36.1. The van der Waals surface area contributed by atoms with E-state index in [9.17, 15) is 9.59 Å². The average Bonchev–Trinajstić information content (AvgIpc) is 3.06. The van der Waals surface area contributed by atoms with Gasteiger partial charge in [-0.05, 0) is 133 Å². The minimum Gasteiger partial charge on any atom is -0.463 e. The Labute approximate surface area is 296 Å².